The fraction of sp³-hybridized carbons (Fsp3) is 0.0870. The first-order valence-corrected chi connectivity index (χ1v) is 10.9. The molecular formula is C23H18N6O3S. The summed E-state index contributed by atoms with van der Waals surface area (Å²) in [6.45, 7) is 0. The van der Waals surface area contributed by atoms with Gasteiger partial charge < -0.3 is 9.88 Å². The fourth-order valence-corrected chi connectivity index (χ4v) is 4.59. The molecule has 1 amide bonds. The molecule has 5 rings (SSSR count). The minimum Gasteiger partial charge on any atom is -0.360 e. The van der Waals surface area contributed by atoms with Gasteiger partial charge in [0.1, 0.15) is 12.5 Å². The van der Waals surface area contributed by atoms with E-state index in [-0.39, 0.29) is 11.6 Å². The zero-order chi connectivity index (χ0) is 22.9. The third kappa shape index (κ3) is 3.80. The van der Waals surface area contributed by atoms with Crippen LogP contribution in [0.3, 0.4) is 0 Å². The molecule has 1 aromatic heterocycles. The molecule has 1 N–H and O–H groups in total. The summed E-state index contributed by atoms with van der Waals surface area (Å²) in [6, 6.07) is 21.5. The van der Waals surface area contributed by atoms with Crippen molar-refractivity contribution in [1.82, 2.24) is 14.8 Å². The molecule has 4 aromatic rings. The van der Waals surface area contributed by atoms with Crippen molar-refractivity contribution in [3.8, 4) is 0 Å². The fourth-order valence-electron chi connectivity index (χ4n) is 3.74. The van der Waals surface area contributed by atoms with Crippen molar-refractivity contribution in [3.05, 3.63) is 100 Å². The molecule has 0 saturated heterocycles. The molecule has 1 atom stereocenters. The Balaban J connectivity index is 1.60. The maximum absolute atomic E-state index is 13.5. The van der Waals surface area contributed by atoms with Gasteiger partial charge in [-0.15, -0.1) is 10.2 Å². The minimum atomic E-state index is -0.623. The Morgan fingerprint density at radius 1 is 1.06 bits per heavy atom. The number of aromatic nitrogens is 3. The normalized spacial score (nSPS) is 15.1. The zero-order valence-electron chi connectivity index (χ0n) is 17.5. The topological polar surface area (TPSA) is 106 Å². The van der Waals surface area contributed by atoms with Crippen LogP contribution in [0.2, 0.25) is 0 Å². The SMILES string of the molecule is Cn1cnnc1Sc1ccc([C@@H]2Nc3ccccc3C(=O)N2c2ccccc2)cc1[N+](=O)[O-]. The van der Waals surface area contributed by atoms with Crippen molar-refractivity contribution in [3.63, 3.8) is 0 Å². The zero-order valence-corrected chi connectivity index (χ0v) is 18.3. The number of hydrogen-bond acceptors (Lipinski definition) is 7. The average molecular weight is 459 g/mol. The number of nitrogens with one attached hydrogen (secondary N) is 1. The predicted octanol–water partition coefficient (Wildman–Crippen LogP) is 4.65. The number of rotatable bonds is 5. The highest BCUT2D eigenvalue weighted by Gasteiger charge is 2.35. The smallest absolute Gasteiger partial charge is 0.283 e. The Hall–Kier alpha value is -4.18. The molecule has 1 aliphatic heterocycles. The summed E-state index contributed by atoms with van der Waals surface area (Å²) in [5.74, 6) is -0.180. The summed E-state index contributed by atoms with van der Waals surface area (Å²) in [6.07, 6.45) is 0.914. The van der Waals surface area contributed by atoms with Gasteiger partial charge in [-0.05, 0) is 42.1 Å². The highest BCUT2D eigenvalue weighted by molar-refractivity contribution is 7.99. The maximum atomic E-state index is 13.5. The van der Waals surface area contributed by atoms with E-state index in [2.05, 4.69) is 15.5 Å². The molecule has 0 aliphatic carbocycles. The van der Waals surface area contributed by atoms with Crippen LogP contribution in [0.15, 0.2) is 89.2 Å². The van der Waals surface area contributed by atoms with Crippen molar-refractivity contribution >= 4 is 34.7 Å². The average Bonchev–Trinajstić information content (AvgIpc) is 3.24. The second-order valence-electron chi connectivity index (χ2n) is 7.41. The molecule has 0 fully saturated rings. The van der Waals surface area contributed by atoms with Crippen molar-refractivity contribution in [1.29, 1.82) is 0 Å². The number of amides is 1. The highest BCUT2D eigenvalue weighted by atomic mass is 32.2. The maximum Gasteiger partial charge on any atom is 0.283 e. The van der Waals surface area contributed by atoms with Gasteiger partial charge in [0, 0.05) is 30.1 Å². The Labute approximate surface area is 193 Å². The minimum absolute atomic E-state index is 0.0679. The molecule has 33 heavy (non-hydrogen) atoms. The third-order valence-corrected chi connectivity index (χ3v) is 6.44. The van der Waals surface area contributed by atoms with Crippen LogP contribution in [0, 0.1) is 10.1 Å². The molecular weight excluding hydrogens is 440 g/mol. The van der Waals surface area contributed by atoms with E-state index in [4.69, 9.17) is 0 Å². The number of hydrogen-bond donors (Lipinski definition) is 1. The number of carbonyl (C=O) groups is 1. The van der Waals surface area contributed by atoms with Crippen LogP contribution in [0.4, 0.5) is 17.1 Å². The van der Waals surface area contributed by atoms with E-state index in [9.17, 15) is 14.9 Å². The van der Waals surface area contributed by atoms with Crippen molar-refractivity contribution in [2.75, 3.05) is 10.2 Å². The Bertz CT molecular complexity index is 1360. The standard InChI is InChI=1S/C23H18N6O3S/c1-27-14-24-26-23(27)33-20-12-11-15(13-19(20)29(31)32)21-25-18-10-6-5-9-17(18)22(30)28(21)16-7-3-2-4-8-16/h2-14,21,25H,1H3/t21-/m1/s1. The number of benzene rings is 3. The molecule has 3 aromatic carbocycles. The van der Waals surface area contributed by atoms with E-state index in [1.54, 1.807) is 34.7 Å². The Morgan fingerprint density at radius 3 is 2.55 bits per heavy atom. The largest absolute Gasteiger partial charge is 0.360 e. The van der Waals surface area contributed by atoms with Crippen LogP contribution in [0.25, 0.3) is 0 Å². The van der Waals surface area contributed by atoms with Gasteiger partial charge in [0.25, 0.3) is 11.6 Å². The summed E-state index contributed by atoms with van der Waals surface area (Å²) in [5.41, 5.74) is 2.44. The number of carbonyl (C=O) groups excluding carboxylic acids is 1. The van der Waals surface area contributed by atoms with Crippen molar-refractivity contribution in [2.24, 2.45) is 7.05 Å². The van der Waals surface area contributed by atoms with Crippen LogP contribution in [0.1, 0.15) is 22.1 Å². The van der Waals surface area contributed by atoms with Crippen LogP contribution in [0.5, 0.6) is 0 Å². The first kappa shape index (κ1) is 20.7. The van der Waals surface area contributed by atoms with Gasteiger partial charge in [0.2, 0.25) is 0 Å². The van der Waals surface area contributed by atoms with Gasteiger partial charge in [-0.1, -0.05) is 36.4 Å². The summed E-state index contributed by atoms with van der Waals surface area (Å²) in [5, 5.41) is 23.7. The van der Waals surface area contributed by atoms with Crippen molar-refractivity contribution < 1.29 is 9.72 Å². The first-order valence-electron chi connectivity index (χ1n) is 10.1. The predicted molar refractivity (Wildman–Crippen MR) is 124 cm³/mol. The van der Waals surface area contributed by atoms with E-state index in [1.165, 1.54) is 12.4 Å². The van der Waals surface area contributed by atoms with Gasteiger partial charge >= 0.3 is 0 Å². The molecule has 0 saturated carbocycles. The van der Waals surface area contributed by atoms with Crippen LogP contribution in [-0.2, 0) is 7.05 Å². The van der Waals surface area contributed by atoms with E-state index in [0.717, 1.165) is 11.8 Å². The lowest BCUT2D eigenvalue weighted by Crippen LogP contribution is -2.43. The summed E-state index contributed by atoms with van der Waals surface area (Å²) >= 11 is 1.16. The van der Waals surface area contributed by atoms with E-state index in [1.807, 2.05) is 48.5 Å². The van der Waals surface area contributed by atoms with Gasteiger partial charge in [-0.3, -0.25) is 19.8 Å². The number of aryl methyl sites for hydroxylation is 1. The van der Waals surface area contributed by atoms with E-state index in [0.29, 0.717) is 32.6 Å². The van der Waals surface area contributed by atoms with E-state index >= 15 is 0 Å². The van der Waals surface area contributed by atoms with Crippen LogP contribution >= 0.6 is 11.8 Å². The Morgan fingerprint density at radius 2 is 1.82 bits per heavy atom. The lowest BCUT2D eigenvalue weighted by molar-refractivity contribution is -0.387. The molecule has 10 heteroatoms. The number of fused-ring (bicyclic) bond motifs is 1. The van der Waals surface area contributed by atoms with Crippen LogP contribution in [-0.4, -0.2) is 25.6 Å². The first-order chi connectivity index (χ1) is 16.0. The number of nitrogens with zero attached hydrogens (tertiary/aromatic N) is 5. The van der Waals surface area contributed by atoms with E-state index < -0.39 is 11.1 Å². The lowest BCUT2D eigenvalue weighted by Gasteiger charge is -2.38. The van der Waals surface area contributed by atoms with Crippen molar-refractivity contribution in [2.45, 2.75) is 16.2 Å². The van der Waals surface area contributed by atoms with Crippen LogP contribution < -0.4 is 10.2 Å². The number of nitro benzene ring substituents is 1. The molecule has 0 radical (unpaired) electrons. The molecule has 0 spiro atoms. The third-order valence-electron chi connectivity index (χ3n) is 5.33. The van der Waals surface area contributed by atoms with Gasteiger partial charge in [-0.2, -0.15) is 0 Å². The molecule has 1 aliphatic rings. The highest BCUT2D eigenvalue weighted by Crippen LogP contribution is 2.40. The summed E-state index contributed by atoms with van der Waals surface area (Å²) in [4.78, 5) is 27.0. The van der Waals surface area contributed by atoms with Gasteiger partial charge in [-0.25, -0.2) is 0 Å². The summed E-state index contributed by atoms with van der Waals surface area (Å²) in [7, 11) is 1.77. The second kappa shape index (κ2) is 8.40. The molecule has 164 valence electrons. The Kier molecular flexibility index (Phi) is 5.27. The van der Waals surface area contributed by atoms with Gasteiger partial charge in [0.05, 0.1) is 15.4 Å². The molecule has 0 unspecified atom stereocenters. The number of nitro groups is 1. The molecule has 0 bridgehead atoms. The molecule has 9 nitrogen and oxygen atoms in total. The summed E-state index contributed by atoms with van der Waals surface area (Å²) < 4.78 is 1.69. The lowest BCUT2D eigenvalue weighted by atomic mass is 10.0. The monoisotopic (exact) mass is 458 g/mol. The molecule has 2 heterocycles. The number of para-hydroxylation sites is 2. The quantitative estimate of drug-likeness (QED) is 0.343. The number of anilines is 2. The van der Waals surface area contributed by atoms with Gasteiger partial charge in [0.15, 0.2) is 5.16 Å². The second-order valence-corrected chi connectivity index (χ2v) is 8.42.